The van der Waals surface area contributed by atoms with Gasteiger partial charge in [-0.15, -0.1) is 0 Å². The van der Waals surface area contributed by atoms with Crippen molar-refractivity contribution in [3.8, 4) is 11.3 Å². The van der Waals surface area contributed by atoms with E-state index in [9.17, 15) is 0 Å². The summed E-state index contributed by atoms with van der Waals surface area (Å²) in [6.45, 7) is 0. The number of halogens is 2. The van der Waals surface area contributed by atoms with Crippen molar-refractivity contribution in [1.29, 1.82) is 0 Å². The summed E-state index contributed by atoms with van der Waals surface area (Å²) in [4.78, 5) is 0. The second-order valence-electron chi connectivity index (χ2n) is 3.80. The lowest BCUT2D eigenvalue weighted by Gasteiger charge is -1.96. The monoisotopic (exact) mass is 306 g/mol. The molecule has 0 N–H and O–H groups in total. The average molecular weight is 308 g/mol. The molecule has 1 aromatic heterocycles. The lowest BCUT2D eigenvalue weighted by Crippen LogP contribution is -1.72. The Morgan fingerprint density at radius 2 is 1.88 bits per heavy atom. The van der Waals surface area contributed by atoms with E-state index in [-0.39, 0.29) is 0 Å². The first-order valence-electron chi connectivity index (χ1n) is 5.17. The van der Waals surface area contributed by atoms with Crippen molar-refractivity contribution in [3.05, 3.63) is 58.0 Å². The summed E-state index contributed by atoms with van der Waals surface area (Å²) in [5.41, 5.74) is 1.90. The molecule has 3 rings (SSSR count). The third-order valence-electron chi connectivity index (χ3n) is 2.59. The molecule has 0 spiro atoms. The minimum absolute atomic E-state index is 0.721. The first-order valence-corrected chi connectivity index (χ1v) is 6.34. The van der Waals surface area contributed by atoms with Gasteiger partial charge in [0.25, 0.3) is 0 Å². The summed E-state index contributed by atoms with van der Waals surface area (Å²) in [6.07, 6.45) is 0. The maximum atomic E-state index is 5.95. The van der Waals surface area contributed by atoms with Crippen LogP contribution < -0.4 is 0 Å². The van der Waals surface area contributed by atoms with Crippen molar-refractivity contribution in [2.45, 2.75) is 0 Å². The Morgan fingerprint density at radius 1 is 1.00 bits per heavy atom. The highest BCUT2D eigenvalue weighted by molar-refractivity contribution is 9.10. The topological polar surface area (TPSA) is 13.1 Å². The molecule has 0 radical (unpaired) electrons. The average Bonchev–Trinajstić information content (AvgIpc) is 2.72. The van der Waals surface area contributed by atoms with Gasteiger partial charge in [-0.25, -0.2) is 0 Å². The molecule has 2 aromatic carbocycles. The Balaban J connectivity index is 2.18. The fourth-order valence-corrected chi connectivity index (χ4v) is 2.38. The Morgan fingerprint density at radius 3 is 2.71 bits per heavy atom. The normalized spacial score (nSPS) is 10.9. The number of hydrogen-bond acceptors (Lipinski definition) is 1. The summed E-state index contributed by atoms with van der Waals surface area (Å²) in [7, 11) is 0. The van der Waals surface area contributed by atoms with Gasteiger partial charge < -0.3 is 4.42 Å². The van der Waals surface area contributed by atoms with Crippen LogP contribution in [0.5, 0.6) is 0 Å². The molecule has 3 heteroatoms. The van der Waals surface area contributed by atoms with Gasteiger partial charge >= 0.3 is 0 Å². The molecule has 0 saturated heterocycles. The highest BCUT2D eigenvalue weighted by Gasteiger charge is 2.06. The van der Waals surface area contributed by atoms with Gasteiger partial charge in [0, 0.05) is 20.4 Å². The van der Waals surface area contributed by atoms with Crippen molar-refractivity contribution in [1.82, 2.24) is 0 Å². The standard InChI is InChI=1S/C14H8BrClO/c15-11-3-1-2-9(6-11)14-8-10-7-12(16)4-5-13(10)17-14/h1-8H. The highest BCUT2D eigenvalue weighted by atomic mass is 79.9. The van der Waals surface area contributed by atoms with Gasteiger partial charge in [0.1, 0.15) is 11.3 Å². The third kappa shape index (κ3) is 2.11. The van der Waals surface area contributed by atoms with Crippen LogP contribution >= 0.6 is 27.5 Å². The fraction of sp³-hybridized carbons (Fsp3) is 0. The van der Waals surface area contributed by atoms with Gasteiger partial charge in [0.15, 0.2) is 0 Å². The molecule has 0 aliphatic heterocycles. The fourth-order valence-electron chi connectivity index (χ4n) is 1.80. The number of hydrogen-bond donors (Lipinski definition) is 0. The van der Waals surface area contributed by atoms with Crippen LogP contribution in [0.25, 0.3) is 22.3 Å². The number of benzene rings is 2. The molecular weight excluding hydrogens is 300 g/mol. The summed E-state index contributed by atoms with van der Waals surface area (Å²) < 4.78 is 6.82. The zero-order chi connectivity index (χ0) is 11.8. The maximum Gasteiger partial charge on any atom is 0.135 e. The summed E-state index contributed by atoms with van der Waals surface area (Å²) in [6, 6.07) is 15.6. The van der Waals surface area contributed by atoms with Crippen LogP contribution in [0.1, 0.15) is 0 Å². The molecule has 1 heterocycles. The number of furan rings is 1. The van der Waals surface area contributed by atoms with Crippen LogP contribution in [-0.4, -0.2) is 0 Å². The second-order valence-corrected chi connectivity index (χ2v) is 5.16. The lowest BCUT2D eigenvalue weighted by molar-refractivity contribution is 0.631. The van der Waals surface area contributed by atoms with E-state index in [0.717, 1.165) is 31.8 Å². The molecule has 0 unspecified atom stereocenters. The van der Waals surface area contributed by atoms with Crippen LogP contribution in [0.3, 0.4) is 0 Å². The molecule has 3 aromatic rings. The van der Waals surface area contributed by atoms with Gasteiger partial charge in [-0.1, -0.05) is 39.7 Å². The van der Waals surface area contributed by atoms with E-state index in [4.69, 9.17) is 16.0 Å². The van der Waals surface area contributed by atoms with Crippen LogP contribution in [-0.2, 0) is 0 Å². The maximum absolute atomic E-state index is 5.95. The third-order valence-corrected chi connectivity index (χ3v) is 3.32. The molecule has 1 nitrogen and oxygen atoms in total. The van der Waals surface area contributed by atoms with Gasteiger partial charge in [-0.05, 0) is 36.4 Å². The van der Waals surface area contributed by atoms with Gasteiger partial charge in [0.2, 0.25) is 0 Å². The van der Waals surface area contributed by atoms with Gasteiger partial charge in [0.05, 0.1) is 0 Å². The van der Waals surface area contributed by atoms with E-state index in [0.29, 0.717) is 0 Å². The summed E-state index contributed by atoms with van der Waals surface area (Å²) in [5, 5.41) is 1.74. The zero-order valence-corrected chi connectivity index (χ0v) is 11.1. The Labute approximate surface area is 112 Å². The van der Waals surface area contributed by atoms with Crippen molar-refractivity contribution in [2.24, 2.45) is 0 Å². The summed E-state index contributed by atoms with van der Waals surface area (Å²) >= 11 is 9.40. The van der Waals surface area contributed by atoms with Crippen molar-refractivity contribution in [3.63, 3.8) is 0 Å². The Hall–Kier alpha value is -1.25. The van der Waals surface area contributed by atoms with Crippen LogP contribution in [0, 0.1) is 0 Å². The molecule has 17 heavy (non-hydrogen) atoms. The molecule has 0 fully saturated rings. The molecule has 0 atom stereocenters. The molecular formula is C14H8BrClO. The minimum atomic E-state index is 0.721. The SMILES string of the molecule is Clc1ccc2oc(-c3cccc(Br)c3)cc2c1. The van der Waals surface area contributed by atoms with E-state index in [1.165, 1.54) is 0 Å². The van der Waals surface area contributed by atoms with Gasteiger partial charge in [-0.3, -0.25) is 0 Å². The molecule has 0 saturated carbocycles. The van der Waals surface area contributed by atoms with E-state index >= 15 is 0 Å². The van der Waals surface area contributed by atoms with Crippen molar-refractivity contribution < 1.29 is 4.42 Å². The quantitative estimate of drug-likeness (QED) is 0.577. The Kier molecular flexibility index (Phi) is 2.69. The zero-order valence-electron chi connectivity index (χ0n) is 8.78. The molecule has 0 bridgehead atoms. The predicted molar refractivity (Wildman–Crippen MR) is 74.4 cm³/mol. The first kappa shape index (κ1) is 10.9. The predicted octanol–water partition coefficient (Wildman–Crippen LogP) is 5.52. The van der Waals surface area contributed by atoms with Crippen molar-refractivity contribution in [2.75, 3.05) is 0 Å². The van der Waals surface area contributed by atoms with Crippen molar-refractivity contribution >= 4 is 38.5 Å². The van der Waals surface area contributed by atoms with Crippen LogP contribution in [0.4, 0.5) is 0 Å². The highest BCUT2D eigenvalue weighted by Crippen LogP contribution is 2.30. The molecule has 0 aliphatic rings. The smallest absolute Gasteiger partial charge is 0.135 e. The van der Waals surface area contributed by atoms with E-state index in [2.05, 4.69) is 15.9 Å². The lowest BCUT2D eigenvalue weighted by atomic mass is 10.1. The van der Waals surface area contributed by atoms with E-state index in [1.807, 2.05) is 48.5 Å². The number of rotatable bonds is 1. The number of fused-ring (bicyclic) bond motifs is 1. The van der Waals surface area contributed by atoms with Crippen LogP contribution in [0.15, 0.2) is 57.4 Å². The van der Waals surface area contributed by atoms with E-state index < -0.39 is 0 Å². The largest absolute Gasteiger partial charge is 0.456 e. The Bertz CT molecular complexity index is 688. The van der Waals surface area contributed by atoms with E-state index in [1.54, 1.807) is 0 Å². The molecule has 84 valence electrons. The second kappa shape index (κ2) is 4.21. The van der Waals surface area contributed by atoms with Crippen LogP contribution in [0.2, 0.25) is 5.02 Å². The molecule has 0 aliphatic carbocycles. The minimum Gasteiger partial charge on any atom is -0.456 e. The first-order chi connectivity index (χ1) is 8.22. The van der Waals surface area contributed by atoms with Gasteiger partial charge in [-0.2, -0.15) is 0 Å². The summed E-state index contributed by atoms with van der Waals surface area (Å²) in [5.74, 6) is 0.851. The molecule has 0 amide bonds.